The molecule has 0 aliphatic carbocycles. The van der Waals surface area contributed by atoms with E-state index >= 15 is 0 Å². The Kier molecular flexibility index (Phi) is 7.59. The van der Waals surface area contributed by atoms with E-state index in [2.05, 4.69) is 96.1 Å². The molecule has 0 spiro atoms. The number of likely N-dealkylation sites (N-methyl/N-ethyl adjacent to an activating group) is 1. The summed E-state index contributed by atoms with van der Waals surface area (Å²) in [5.41, 5.74) is 10.0. The number of benzene rings is 1. The third kappa shape index (κ3) is 6.02. The Labute approximate surface area is 215 Å². The predicted octanol–water partition coefficient (Wildman–Crippen LogP) is 4.13. The summed E-state index contributed by atoms with van der Waals surface area (Å²) >= 11 is 0. The zero-order valence-corrected chi connectivity index (χ0v) is 22.5. The topological polar surface area (TPSA) is 59.4 Å². The van der Waals surface area contributed by atoms with E-state index in [4.69, 9.17) is 4.99 Å². The van der Waals surface area contributed by atoms with Crippen LogP contribution in [0.15, 0.2) is 76.6 Å². The van der Waals surface area contributed by atoms with Crippen LogP contribution in [0.1, 0.15) is 43.2 Å². The number of piperazine rings is 1. The molecular weight excluding hydrogens is 446 g/mol. The van der Waals surface area contributed by atoms with Crippen LogP contribution in [0.5, 0.6) is 0 Å². The molecule has 1 saturated heterocycles. The second-order valence-electron chi connectivity index (χ2n) is 10.7. The molecule has 0 bridgehead atoms. The first-order valence-electron chi connectivity index (χ1n) is 12.6. The van der Waals surface area contributed by atoms with Gasteiger partial charge >= 0.3 is 0 Å². The Balaban J connectivity index is 1.65. The minimum atomic E-state index is 0.101. The number of hydrazine groups is 1. The normalized spacial score (nSPS) is 17.9. The van der Waals surface area contributed by atoms with E-state index in [9.17, 15) is 0 Å². The van der Waals surface area contributed by atoms with Gasteiger partial charge in [-0.1, -0.05) is 57.7 Å². The van der Waals surface area contributed by atoms with Crippen LogP contribution in [-0.4, -0.2) is 71.9 Å². The molecule has 2 aliphatic rings. The fraction of sp³-hybridized carbons (Fsp3) is 0.414. The van der Waals surface area contributed by atoms with Crippen LogP contribution in [0.25, 0.3) is 0 Å². The molecule has 7 nitrogen and oxygen atoms in total. The van der Waals surface area contributed by atoms with Crippen molar-refractivity contribution >= 4 is 11.8 Å². The van der Waals surface area contributed by atoms with E-state index < -0.39 is 0 Å². The Bertz CT molecular complexity index is 1160. The number of guanidine groups is 1. The van der Waals surface area contributed by atoms with E-state index in [1.807, 2.05) is 24.2 Å². The third-order valence-corrected chi connectivity index (χ3v) is 6.72. The largest absolute Gasteiger partial charge is 0.338 e. The Morgan fingerprint density at radius 3 is 2.33 bits per heavy atom. The van der Waals surface area contributed by atoms with Gasteiger partial charge in [0.05, 0.1) is 5.70 Å². The Hall–Kier alpha value is -3.45. The fourth-order valence-corrected chi connectivity index (χ4v) is 4.31. The molecule has 7 heteroatoms. The number of hydrogen-bond donors (Lipinski definition) is 1. The highest BCUT2D eigenvalue weighted by molar-refractivity contribution is 6.06. The van der Waals surface area contributed by atoms with Crippen LogP contribution in [-0.2, 0) is 11.8 Å². The molecular formula is C29H39N7. The van der Waals surface area contributed by atoms with Gasteiger partial charge in [0.15, 0.2) is 5.84 Å². The second kappa shape index (κ2) is 10.7. The van der Waals surface area contributed by atoms with Gasteiger partial charge in [-0.05, 0) is 42.2 Å². The van der Waals surface area contributed by atoms with Crippen molar-refractivity contribution < 1.29 is 0 Å². The number of aromatic nitrogens is 1. The maximum atomic E-state index is 5.11. The summed E-state index contributed by atoms with van der Waals surface area (Å²) in [7, 11) is 3.97. The van der Waals surface area contributed by atoms with Crippen molar-refractivity contribution in [3.05, 3.63) is 89.0 Å². The molecule has 190 valence electrons. The van der Waals surface area contributed by atoms with Gasteiger partial charge in [-0.2, -0.15) is 4.99 Å². The number of allylic oxidation sites excluding steroid dienone is 1. The molecule has 36 heavy (non-hydrogen) atoms. The molecule has 4 rings (SSSR count). The van der Waals surface area contributed by atoms with Crippen molar-refractivity contribution in [1.29, 1.82) is 0 Å². The summed E-state index contributed by atoms with van der Waals surface area (Å²) in [5.74, 6) is 1.54. The van der Waals surface area contributed by atoms with Gasteiger partial charge in [0.1, 0.15) is 0 Å². The van der Waals surface area contributed by atoms with E-state index in [1.165, 1.54) is 5.56 Å². The molecule has 1 aromatic carbocycles. The van der Waals surface area contributed by atoms with Crippen molar-refractivity contribution in [2.24, 2.45) is 9.98 Å². The van der Waals surface area contributed by atoms with E-state index in [-0.39, 0.29) is 5.41 Å². The van der Waals surface area contributed by atoms with Crippen molar-refractivity contribution in [3.8, 4) is 0 Å². The first kappa shape index (κ1) is 25.6. The third-order valence-electron chi connectivity index (χ3n) is 6.72. The van der Waals surface area contributed by atoms with Crippen LogP contribution in [0.4, 0.5) is 0 Å². The van der Waals surface area contributed by atoms with E-state index in [1.54, 1.807) is 7.05 Å². The molecule has 0 amide bonds. The predicted molar refractivity (Wildman–Crippen MR) is 149 cm³/mol. The van der Waals surface area contributed by atoms with Crippen LogP contribution in [0.2, 0.25) is 0 Å². The number of aliphatic imine (C=N–C) groups is 2. The average molecular weight is 486 g/mol. The molecule has 0 atom stereocenters. The number of nitrogens with zero attached hydrogens (tertiary/aromatic N) is 6. The van der Waals surface area contributed by atoms with Crippen LogP contribution in [0, 0.1) is 6.92 Å². The lowest BCUT2D eigenvalue weighted by atomic mass is 9.86. The van der Waals surface area contributed by atoms with Crippen LogP contribution in [0.3, 0.4) is 0 Å². The summed E-state index contributed by atoms with van der Waals surface area (Å²) in [4.78, 5) is 18.8. The Morgan fingerprint density at radius 1 is 1.06 bits per heavy atom. The lowest BCUT2D eigenvalue weighted by Crippen LogP contribution is -2.53. The molecule has 1 N–H and O–H groups in total. The second-order valence-corrected chi connectivity index (χ2v) is 10.7. The van der Waals surface area contributed by atoms with Gasteiger partial charge in [-0.3, -0.25) is 15.4 Å². The lowest BCUT2D eigenvalue weighted by Gasteiger charge is -2.37. The molecule has 0 radical (unpaired) electrons. The molecule has 0 unspecified atom stereocenters. The van der Waals surface area contributed by atoms with Gasteiger partial charge in [0.2, 0.25) is 5.96 Å². The van der Waals surface area contributed by atoms with Crippen molar-refractivity contribution in [2.75, 3.05) is 40.3 Å². The summed E-state index contributed by atoms with van der Waals surface area (Å²) < 4.78 is 0. The molecule has 1 aromatic heterocycles. The van der Waals surface area contributed by atoms with Gasteiger partial charge in [0.25, 0.3) is 0 Å². The SMILES string of the molecule is C=C1NN(C(=NC(=NC)c2ccc(C(C)(C)C)cc2)N2CCN(C)CC2)C=C1Cc1ccc(C)nc1. The first-order chi connectivity index (χ1) is 17.1. The highest BCUT2D eigenvalue weighted by Gasteiger charge is 2.27. The van der Waals surface area contributed by atoms with Gasteiger partial charge < -0.3 is 9.80 Å². The molecule has 0 saturated carbocycles. The number of hydrogen-bond acceptors (Lipinski definition) is 4. The molecule has 3 heterocycles. The number of aryl methyl sites for hydroxylation is 1. The van der Waals surface area contributed by atoms with Gasteiger partial charge in [0, 0.05) is 63.3 Å². The summed E-state index contributed by atoms with van der Waals surface area (Å²) in [6.07, 6.45) is 4.80. The van der Waals surface area contributed by atoms with Crippen molar-refractivity contribution in [1.82, 2.24) is 25.2 Å². The first-order valence-corrected chi connectivity index (χ1v) is 12.6. The summed E-state index contributed by atoms with van der Waals surface area (Å²) in [6, 6.07) is 12.8. The minimum Gasteiger partial charge on any atom is -0.338 e. The monoisotopic (exact) mass is 485 g/mol. The van der Waals surface area contributed by atoms with Crippen LogP contribution >= 0.6 is 0 Å². The molecule has 1 fully saturated rings. The minimum absolute atomic E-state index is 0.101. The van der Waals surface area contributed by atoms with Crippen molar-refractivity contribution in [2.45, 2.75) is 39.5 Å². The lowest BCUT2D eigenvalue weighted by molar-refractivity contribution is 0.199. The Morgan fingerprint density at radius 2 is 1.75 bits per heavy atom. The van der Waals surface area contributed by atoms with Crippen LogP contribution < -0.4 is 5.43 Å². The highest BCUT2D eigenvalue weighted by atomic mass is 15.6. The van der Waals surface area contributed by atoms with E-state index in [0.717, 1.165) is 66.7 Å². The standard InChI is InChI=1S/C29H39N7/c1-21-8-9-23(19-31-21)18-25-20-36(33-22(25)2)28(35-16-14-34(7)15-17-35)32-27(30-6)24-10-12-26(13-11-24)29(3,4)5/h8-13,19-20,33H,2,14-18H2,1,3-7H3. The number of rotatable bonds is 3. The zero-order valence-electron chi connectivity index (χ0n) is 22.5. The quantitative estimate of drug-likeness (QED) is 0.523. The number of nitrogens with one attached hydrogen (secondary N) is 1. The zero-order chi connectivity index (χ0) is 25.9. The molecule has 2 aromatic rings. The highest BCUT2D eigenvalue weighted by Crippen LogP contribution is 2.24. The van der Waals surface area contributed by atoms with Crippen molar-refractivity contribution in [3.63, 3.8) is 0 Å². The maximum Gasteiger partial charge on any atom is 0.226 e. The summed E-state index contributed by atoms with van der Waals surface area (Å²) in [6.45, 7) is 16.7. The average Bonchev–Trinajstić information content (AvgIpc) is 3.21. The fourth-order valence-electron chi connectivity index (χ4n) is 4.31. The van der Waals surface area contributed by atoms with Gasteiger partial charge in [-0.25, -0.2) is 5.01 Å². The summed E-state index contributed by atoms with van der Waals surface area (Å²) in [5, 5.41) is 2.00. The maximum absolute atomic E-state index is 5.11. The number of pyridine rings is 1. The molecule has 2 aliphatic heterocycles. The number of amidine groups is 1. The van der Waals surface area contributed by atoms with E-state index in [0.29, 0.717) is 5.84 Å². The van der Waals surface area contributed by atoms with Gasteiger partial charge in [-0.15, -0.1) is 0 Å². The smallest absolute Gasteiger partial charge is 0.226 e.